The number of benzene rings is 2. The largest absolute Gasteiger partial charge is 0.497 e. The summed E-state index contributed by atoms with van der Waals surface area (Å²) in [6.45, 7) is -0.757. The number of carbonyl (C=O) groups excluding carboxylic acids is 3. The molecule has 3 amide bonds. The summed E-state index contributed by atoms with van der Waals surface area (Å²) in [5.74, 6) is -1.27. The van der Waals surface area contributed by atoms with Crippen molar-refractivity contribution >= 4 is 33.4 Å². The van der Waals surface area contributed by atoms with Crippen molar-refractivity contribution in [1.29, 1.82) is 0 Å². The lowest BCUT2D eigenvalue weighted by Crippen LogP contribution is -2.37. The number of carbonyl (C=O) groups is 3. The highest BCUT2D eigenvalue weighted by Crippen LogP contribution is 2.16. The number of urea groups is 1. The maximum atomic E-state index is 12.1. The Morgan fingerprint density at radius 3 is 2.25 bits per heavy atom. The van der Waals surface area contributed by atoms with E-state index in [1.165, 1.54) is 31.4 Å². The summed E-state index contributed by atoms with van der Waals surface area (Å²) in [5, 5.41) is 4.42. The van der Waals surface area contributed by atoms with Gasteiger partial charge in [-0.25, -0.2) is 18.0 Å². The number of amides is 3. The lowest BCUT2D eigenvalue weighted by molar-refractivity contribution is -0.123. The van der Waals surface area contributed by atoms with Gasteiger partial charge in [0, 0.05) is 11.9 Å². The van der Waals surface area contributed by atoms with E-state index in [0.29, 0.717) is 11.4 Å². The van der Waals surface area contributed by atoms with Gasteiger partial charge in [0.25, 0.3) is 5.91 Å². The average Bonchev–Trinajstić information content (AvgIpc) is 2.66. The zero-order chi connectivity index (χ0) is 20.7. The second kappa shape index (κ2) is 9.00. The van der Waals surface area contributed by atoms with Gasteiger partial charge in [0.05, 0.1) is 17.6 Å². The van der Waals surface area contributed by atoms with Gasteiger partial charge in [-0.1, -0.05) is 12.1 Å². The molecule has 0 radical (unpaired) electrons. The molecule has 0 saturated carbocycles. The first kappa shape index (κ1) is 20.9. The van der Waals surface area contributed by atoms with Gasteiger partial charge in [0.15, 0.2) is 16.4 Å². The summed E-state index contributed by atoms with van der Waals surface area (Å²) in [5.41, 5.74) is 0.227. The Labute approximate surface area is 161 Å². The fraction of sp³-hybridized carbons (Fsp3) is 0.167. The first-order valence-corrected chi connectivity index (χ1v) is 9.81. The second-order valence-electron chi connectivity index (χ2n) is 5.58. The third-order valence-electron chi connectivity index (χ3n) is 3.44. The maximum absolute atomic E-state index is 12.1. The van der Waals surface area contributed by atoms with Crippen LogP contribution in [0.25, 0.3) is 0 Å². The van der Waals surface area contributed by atoms with E-state index in [9.17, 15) is 22.8 Å². The van der Waals surface area contributed by atoms with Crippen LogP contribution in [-0.4, -0.2) is 46.3 Å². The van der Waals surface area contributed by atoms with Crippen molar-refractivity contribution in [3.63, 3.8) is 0 Å². The number of esters is 1. The van der Waals surface area contributed by atoms with Gasteiger partial charge in [-0.05, 0) is 36.4 Å². The van der Waals surface area contributed by atoms with Gasteiger partial charge < -0.3 is 14.8 Å². The van der Waals surface area contributed by atoms with Gasteiger partial charge in [0.1, 0.15) is 5.75 Å². The van der Waals surface area contributed by atoms with Gasteiger partial charge in [-0.3, -0.25) is 10.1 Å². The summed E-state index contributed by atoms with van der Waals surface area (Å²) < 4.78 is 33.2. The van der Waals surface area contributed by atoms with E-state index in [4.69, 9.17) is 9.47 Å². The van der Waals surface area contributed by atoms with Gasteiger partial charge in [-0.2, -0.15) is 0 Å². The Bertz CT molecular complexity index is 985. The molecule has 148 valence electrons. The molecule has 0 saturated heterocycles. The van der Waals surface area contributed by atoms with Crippen LogP contribution >= 0.6 is 0 Å². The van der Waals surface area contributed by atoms with Crippen molar-refractivity contribution in [2.45, 2.75) is 4.90 Å². The highest BCUT2D eigenvalue weighted by Gasteiger charge is 2.20. The Balaban J connectivity index is 1.90. The summed E-state index contributed by atoms with van der Waals surface area (Å²) in [6.07, 6.45) is 0.954. The molecule has 28 heavy (non-hydrogen) atoms. The molecule has 2 aromatic carbocycles. The van der Waals surface area contributed by atoms with E-state index in [-0.39, 0.29) is 10.5 Å². The number of methoxy groups -OCH3 is 1. The molecule has 0 spiro atoms. The Morgan fingerprint density at radius 1 is 1.00 bits per heavy atom. The predicted octanol–water partition coefficient (Wildman–Crippen LogP) is 1.60. The van der Waals surface area contributed by atoms with E-state index < -0.39 is 34.4 Å². The number of hydrogen-bond acceptors (Lipinski definition) is 7. The molecular weight excluding hydrogens is 388 g/mol. The molecule has 0 unspecified atom stereocenters. The number of ether oxygens (including phenoxy) is 2. The third-order valence-corrected chi connectivity index (χ3v) is 4.60. The molecule has 0 heterocycles. The molecule has 10 heteroatoms. The van der Waals surface area contributed by atoms with Crippen LogP contribution in [0, 0.1) is 0 Å². The van der Waals surface area contributed by atoms with Crippen molar-refractivity contribution in [2.75, 3.05) is 25.3 Å². The van der Waals surface area contributed by atoms with Crippen LogP contribution in [0.15, 0.2) is 53.4 Å². The summed E-state index contributed by atoms with van der Waals surface area (Å²) in [4.78, 5) is 35.4. The molecule has 2 N–H and O–H groups in total. The minimum atomic E-state index is -3.65. The molecule has 0 aromatic heterocycles. The van der Waals surface area contributed by atoms with Crippen LogP contribution < -0.4 is 15.4 Å². The van der Waals surface area contributed by atoms with Crippen molar-refractivity contribution in [2.24, 2.45) is 0 Å². The minimum Gasteiger partial charge on any atom is -0.497 e. The van der Waals surface area contributed by atoms with Crippen molar-refractivity contribution in [1.82, 2.24) is 5.32 Å². The van der Waals surface area contributed by atoms with Gasteiger partial charge >= 0.3 is 12.0 Å². The summed E-state index contributed by atoms with van der Waals surface area (Å²) in [6, 6.07) is 11.0. The molecule has 2 aromatic rings. The highest BCUT2D eigenvalue weighted by atomic mass is 32.2. The number of hydrogen-bond donors (Lipinski definition) is 2. The maximum Gasteiger partial charge on any atom is 0.339 e. The predicted molar refractivity (Wildman–Crippen MR) is 100.0 cm³/mol. The van der Waals surface area contributed by atoms with Crippen LogP contribution in [0.1, 0.15) is 10.4 Å². The zero-order valence-corrected chi connectivity index (χ0v) is 15.9. The number of anilines is 1. The van der Waals surface area contributed by atoms with Crippen LogP contribution in [0.2, 0.25) is 0 Å². The average molecular weight is 406 g/mol. The third kappa shape index (κ3) is 5.81. The van der Waals surface area contributed by atoms with Crippen molar-refractivity contribution in [3.8, 4) is 5.75 Å². The molecule has 0 bridgehead atoms. The van der Waals surface area contributed by atoms with Crippen LogP contribution in [0.4, 0.5) is 10.5 Å². The SMILES string of the molecule is COc1ccc(NC(=O)NC(=O)COC(=O)c2ccccc2S(C)(=O)=O)cc1. The van der Waals surface area contributed by atoms with Crippen LogP contribution in [0.5, 0.6) is 5.75 Å². The topological polar surface area (TPSA) is 128 Å². The zero-order valence-electron chi connectivity index (χ0n) is 15.1. The van der Waals surface area contributed by atoms with E-state index in [2.05, 4.69) is 5.32 Å². The highest BCUT2D eigenvalue weighted by molar-refractivity contribution is 7.90. The van der Waals surface area contributed by atoms with Crippen LogP contribution in [-0.2, 0) is 19.4 Å². The van der Waals surface area contributed by atoms with E-state index in [1.807, 2.05) is 5.32 Å². The lowest BCUT2D eigenvalue weighted by atomic mass is 10.2. The molecule has 0 fully saturated rings. The van der Waals surface area contributed by atoms with E-state index >= 15 is 0 Å². The Morgan fingerprint density at radius 2 is 1.64 bits per heavy atom. The number of nitrogens with one attached hydrogen (secondary N) is 2. The van der Waals surface area contributed by atoms with Crippen molar-refractivity contribution in [3.05, 3.63) is 54.1 Å². The van der Waals surface area contributed by atoms with E-state index in [0.717, 1.165) is 6.26 Å². The molecule has 0 aliphatic carbocycles. The molecule has 0 atom stereocenters. The van der Waals surface area contributed by atoms with Gasteiger partial charge in [-0.15, -0.1) is 0 Å². The monoisotopic (exact) mass is 406 g/mol. The molecule has 0 aliphatic heterocycles. The molecule has 0 aliphatic rings. The fourth-order valence-corrected chi connectivity index (χ4v) is 3.04. The number of sulfone groups is 1. The molecule has 2 rings (SSSR count). The lowest BCUT2D eigenvalue weighted by Gasteiger charge is -2.09. The van der Waals surface area contributed by atoms with Crippen LogP contribution in [0.3, 0.4) is 0 Å². The Kier molecular flexibility index (Phi) is 6.72. The first-order chi connectivity index (χ1) is 13.2. The Hall–Kier alpha value is -3.40. The standard InChI is InChI=1S/C18H18N2O7S/c1-26-13-9-7-12(8-10-13)19-18(23)20-16(21)11-27-17(22)14-5-3-4-6-15(14)28(2,24)25/h3-10H,11H2,1-2H3,(H2,19,20,21,23). The molecular formula is C18H18N2O7S. The quantitative estimate of drug-likeness (QED) is 0.698. The summed E-state index contributed by atoms with van der Waals surface area (Å²) >= 11 is 0. The normalized spacial score (nSPS) is 10.6. The fourth-order valence-electron chi connectivity index (χ4n) is 2.17. The minimum absolute atomic E-state index is 0.194. The van der Waals surface area contributed by atoms with Crippen molar-refractivity contribution < 1.29 is 32.3 Å². The van der Waals surface area contributed by atoms with Gasteiger partial charge in [0.2, 0.25) is 0 Å². The first-order valence-electron chi connectivity index (χ1n) is 7.92. The number of imide groups is 1. The number of rotatable bonds is 6. The van der Waals surface area contributed by atoms with E-state index in [1.54, 1.807) is 24.3 Å². The smallest absolute Gasteiger partial charge is 0.339 e. The molecule has 9 nitrogen and oxygen atoms in total. The summed E-state index contributed by atoms with van der Waals surface area (Å²) in [7, 11) is -2.15. The second-order valence-corrected chi connectivity index (χ2v) is 7.56.